The quantitative estimate of drug-likeness (QED) is 0.669. The molecule has 1 fully saturated rings. The van der Waals surface area contributed by atoms with E-state index in [0.29, 0.717) is 11.2 Å². The van der Waals surface area contributed by atoms with Crippen molar-refractivity contribution in [2.45, 2.75) is 63.3 Å². The fraction of sp³-hybridized carbons (Fsp3) is 0.917. The molecule has 7 heteroatoms. The summed E-state index contributed by atoms with van der Waals surface area (Å²) in [5.74, 6) is 0.0502. The molecule has 0 heterocycles. The number of rotatable bonds is 4. The van der Waals surface area contributed by atoms with Gasteiger partial charge in [-0.3, -0.25) is 0 Å². The molecule has 0 atom stereocenters. The second-order valence-corrected chi connectivity index (χ2v) is 9.32. The van der Waals surface area contributed by atoms with Gasteiger partial charge in [-0.25, -0.2) is 8.42 Å². The van der Waals surface area contributed by atoms with E-state index in [1.54, 1.807) is 20.8 Å². The second-order valence-electron chi connectivity index (χ2n) is 6.13. The normalized spacial score (nSPS) is 25.0. The van der Waals surface area contributed by atoms with E-state index in [4.69, 9.17) is 18.0 Å². The van der Waals surface area contributed by atoms with Crippen LogP contribution in [0.1, 0.15) is 46.5 Å². The number of sulfone groups is 1. The van der Waals surface area contributed by atoms with Gasteiger partial charge >= 0.3 is 0 Å². The number of hydrogen-bond donors (Lipinski definition) is 3. The summed E-state index contributed by atoms with van der Waals surface area (Å²) in [5.41, 5.74) is 5.45. The second kappa shape index (κ2) is 6.37. The third kappa shape index (κ3) is 5.24. The van der Waals surface area contributed by atoms with Gasteiger partial charge in [-0.2, -0.15) is 0 Å². The molecule has 0 bridgehead atoms. The van der Waals surface area contributed by atoms with Crippen molar-refractivity contribution in [3.05, 3.63) is 0 Å². The first-order valence-corrected chi connectivity index (χ1v) is 8.69. The number of nitrogens with two attached hydrogens (primary N) is 1. The maximum atomic E-state index is 12.0. The van der Waals surface area contributed by atoms with Crippen LogP contribution in [0.5, 0.6) is 0 Å². The first-order valence-electron chi connectivity index (χ1n) is 6.63. The molecule has 1 aliphatic rings. The Morgan fingerprint density at radius 1 is 1.21 bits per heavy atom. The topological polar surface area (TPSA) is 84.2 Å². The standard InChI is InChI=1S/C12H25N3O2S2/c1-12(2,3)19(16,17)8-14-9-4-6-10(7-5-9)15-11(13)18/h9-10,14H,4-8H2,1-3H3,(H3,13,15,18)/t9-,10-. The molecule has 0 aromatic carbocycles. The lowest BCUT2D eigenvalue weighted by molar-refractivity contribution is 0.337. The average Bonchev–Trinajstić information content (AvgIpc) is 2.26. The zero-order valence-corrected chi connectivity index (χ0v) is 13.5. The molecule has 0 aromatic heterocycles. The molecule has 0 unspecified atom stereocenters. The van der Waals surface area contributed by atoms with E-state index in [1.165, 1.54) is 0 Å². The summed E-state index contributed by atoms with van der Waals surface area (Å²) in [6.07, 6.45) is 3.81. The summed E-state index contributed by atoms with van der Waals surface area (Å²) in [6, 6.07) is 0.594. The Morgan fingerprint density at radius 2 is 1.68 bits per heavy atom. The van der Waals surface area contributed by atoms with Crippen molar-refractivity contribution in [2.75, 3.05) is 5.88 Å². The number of hydrogen-bond acceptors (Lipinski definition) is 4. The summed E-state index contributed by atoms with van der Waals surface area (Å²) in [4.78, 5) is 0. The van der Waals surface area contributed by atoms with E-state index in [0.717, 1.165) is 25.7 Å². The predicted octanol–water partition coefficient (Wildman–Crippen LogP) is 0.891. The van der Waals surface area contributed by atoms with Crippen LogP contribution in [-0.2, 0) is 9.84 Å². The minimum Gasteiger partial charge on any atom is -0.376 e. The first kappa shape index (κ1) is 16.7. The Balaban J connectivity index is 2.36. The molecule has 19 heavy (non-hydrogen) atoms. The van der Waals surface area contributed by atoms with Crippen LogP contribution in [0.2, 0.25) is 0 Å². The van der Waals surface area contributed by atoms with Gasteiger partial charge in [0, 0.05) is 12.1 Å². The van der Waals surface area contributed by atoms with E-state index in [9.17, 15) is 8.42 Å². The highest BCUT2D eigenvalue weighted by molar-refractivity contribution is 7.92. The van der Waals surface area contributed by atoms with Gasteiger partial charge in [-0.15, -0.1) is 0 Å². The molecule has 112 valence electrons. The molecule has 0 aliphatic heterocycles. The Morgan fingerprint density at radius 3 is 2.11 bits per heavy atom. The minimum atomic E-state index is -3.10. The lowest BCUT2D eigenvalue weighted by atomic mass is 9.91. The SMILES string of the molecule is CC(C)(C)S(=O)(=O)CN[C@H]1CC[C@H](NC(N)=S)CC1. The lowest BCUT2D eigenvalue weighted by Crippen LogP contribution is -2.46. The van der Waals surface area contributed by atoms with Crippen LogP contribution in [-0.4, -0.2) is 36.2 Å². The third-order valence-electron chi connectivity index (χ3n) is 3.57. The molecular formula is C12H25N3O2S2. The summed E-state index contributed by atoms with van der Waals surface area (Å²) < 4.78 is 23.3. The Hall–Kier alpha value is -0.400. The largest absolute Gasteiger partial charge is 0.376 e. The van der Waals surface area contributed by atoms with Crippen LogP contribution in [0.3, 0.4) is 0 Å². The summed E-state index contributed by atoms with van der Waals surface area (Å²) in [6.45, 7) is 5.19. The molecule has 0 amide bonds. The van der Waals surface area contributed by atoms with Gasteiger partial charge in [0.15, 0.2) is 14.9 Å². The van der Waals surface area contributed by atoms with E-state index < -0.39 is 14.6 Å². The highest BCUT2D eigenvalue weighted by Crippen LogP contribution is 2.20. The minimum absolute atomic E-state index is 0.0502. The van der Waals surface area contributed by atoms with Crippen molar-refractivity contribution in [3.8, 4) is 0 Å². The summed E-state index contributed by atoms with van der Waals surface area (Å²) in [7, 11) is -3.10. The molecule has 1 aliphatic carbocycles. The molecule has 0 saturated heterocycles. The fourth-order valence-corrected chi connectivity index (χ4v) is 3.14. The van der Waals surface area contributed by atoms with Crippen LogP contribution in [0.15, 0.2) is 0 Å². The smallest absolute Gasteiger partial charge is 0.168 e. The van der Waals surface area contributed by atoms with Gasteiger partial charge in [0.25, 0.3) is 0 Å². The Bertz CT molecular complexity index is 407. The monoisotopic (exact) mass is 307 g/mol. The average molecular weight is 307 g/mol. The highest BCUT2D eigenvalue weighted by Gasteiger charge is 2.30. The van der Waals surface area contributed by atoms with Gasteiger partial charge in [0.05, 0.1) is 10.6 Å². The van der Waals surface area contributed by atoms with Crippen LogP contribution in [0, 0.1) is 0 Å². The highest BCUT2D eigenvalue weighted by atomic mass is 32.2. The fourth-order valence-electron chi connectivity index (χ4n) is 2.09. The maximum Gasteiger partial charge on any atom is 0.168 e. The third-order valence-corrected chi connectivity index (χ3v) is 6.10. The molecule has 0 aromatic rings. The van der Waals surface area contributed by atoms with Crippen molar-refractivity contribution >= 4 is 27.2 Å². The summed E-state index contributed by atoms with van der Waals surface area (Å²) >= 11 is 4.82. The van der Waals surface area contributed by atoms with Gasteiger partial charge in [0.2, 0.25) is 0 Å². The van der Waals surface area contributed by atoms with Gasteiger partial charge < -0.3 is 16.4 Å². The van der Waals surface area contributed by atoms with E-state index in [1.807, 2.05) is 0 Å². The van der Waals surface area contributed by atoms with Crippen LogP contribution >= 0.6 is 12.2 Å². The number of thiocarbonyl (C=S) groups is 1. The van der Waals surface area contributed by atoms with Crippen LogP contribution < -0.4 is 16.4 Å². The maximum absolute atomic E-state index is 12.0. The molecule has 5 nitrogen and oxygen atoms in total. The van der Waals surface area contributed by atoms with Crippen molar-refractivity contribution in [3.63, 3.8) is 0 Å². The lowest BCUT2D eigenvalue weighted by Gasteiger charge is -2.30. The van der Waals surface area contributed by atoms with Gasteiger partial charge in [0.1, 0.15) is 0 Å². The van der Waals surface area contributed by atoms with Crippen molar-refractivity contribution in [2.24, 2.45) is 5.73 Å². The molecule has 1 saturated carbocycles. The van der Waals surface area contributed by atoms with Crippen molar-refractivity contribution in [1.29, 1.82) is 0 Å². The molecule has 0 radical (unpaired) electrons. The van der Waals surface area contributed by atoms with Gasteiger partial charge in [-0.1, -0.05) is 0 Å². The molecule has 1 rings (SSSR count). The molecule has 0 spiro atoms. The van der Waals surface area contributed by atoms with Gasteiger partial charge in [-0.05, 0) is 58.7 Å². The Kier molecular flexibility index (Phi) is 5.58. The predicted molar refractivity (Wildman–Crippen MR) is 82.6 cm³/mol. The van der Waals surface area contributed by atoms with E-state index >= 15 is 0 Å². The summed E-state index contributed by atoms with van der Waals surface area (Å²) in [5, 5.41) is 6.56. The molecule has 4 N–H and O–H groups in total. The van der Waals surface area contributed by atoms with Crippen molar-refractivity contribution in [1.82, 2.24) is 10.6 Å². The van der Waals surface area contributed by atoms with E-state index in [-0.39, 0.29) is 11.9 Å². The van der Waals surface area contributed by atoms with Crippen LogP contribution in [0.4, 0.5) is 0 Å². The molecular weight excluding hydrogens is 282 g/mol. The van der Waals surface area contributed by atoms with E-state index in [2.05, 4.69) is 10.6 Å². The van der Waals surface area contributed by atoms with Crippen LogP contribution in [0.25, 0.3) is 0 Å². The first-order chi connectivity index (χ1) is 8.62. The zero-order valence-electron chi connectivity index (χ0n) is 11.9. The Labute approximate surface area is 121 Å². The number of nitrogens with one attached hydrogen (secondary N) is 2. The zero-order chi connectivity index (χ0) is 14.7. The van der Waals surface area contributed by atoms with Crippen molar-refractivity contribution < 1.29 is 8.42 Å².